The topological polar surface area (TPSA) is 123 Å². The summed E-state index contributed by atoms with van der Waals surface area (Å²) < 4.78 is 5.25. The van der Waals surface area contributed by atoms with E-state index in [2.05, 4.69) is 16.0 Å². The van der Waals surface area contributed by atoms with Gasteiger partial charge in [0.1, 0.15) is 17.5 Å². The Hall–Kier alpha value is -3.62. The summed E-state index contributed by atoms with van der Waals surface area (Å²) in [5, 5.41) is 19.5. The van der Waals surface area contributed by atoms with E-state index >= 15 is 0 Å². The van der Waals surface area contributed by atoms with Crippen molar-refractivity contribution in [2.75, 3.05) is 22.6 Å². The van der Waals surface area contributed by atoms with Crippen LogP contribution < -0.4 is 20.7 Å². The van der Waals surface area contributed by atoms with Crippen molar-refractivity contribution in [3.8, 4) is 5.75 Å². The number of anilines is 3. The molecule has 2 aromatic rings. The number of amides is 2. The van der Waals surface area contributed by atoms with E-state index < -0.39 is 16.9 Å². The Morgan fingerprint density at radius 1 is 1.26 bits per heavy atom. The molecule has 0 aromatic heterocycles. The monoisotopic (exact) mass is 370 g/mol. The second-order valence-electron chi connectivity index (χ2n) is 5.85. The Labute approximate surface area is 154 Å². The summed E-state index contributed by atoms with van der Waals surface area (Å²) in [7, 11) is 0. The number of para-hydroxylation sites is 2. The van der Waals surface area contributed by atoms with Gasteiger partial charge in [0.05, 0.1) is 35.4 Å². The number of fused-ring (bicyclic) bond motifs is 1. The van der Waals surface area contributed by atoms with Crippen molar-refractivity contribution in [3.63, 3.8) is 0 Å². The number of nitro benzene ring substituents is 1. The van der Waals surface area contributed by atoms with Gasteiger partial charge in [0.15, 0.2) is 0 Å². The lowest BCUT2D eigenvalue weighted by Gasteiger charge is -2.26. The second kappa shape index (κ2) is 7.73. The van der Waals surface area contributed by atoms with Crippen molar-refractivity contribution < 1.29 is 19.2 Å². The quantitative estimate of drug-likeness (QED) is 0.531. The molecule has 9 nitrogen and oxygen atoms in total. The number of benzene rings is 2. The third kappa shape index (κ3) is 4.14. The number of hydrogen-bond donors (Lipinski definition) is 3. The van der Waals surface area contributed by atoms with Crippen molar-refractivity contribution in [3.05, 3.63) is 52.6 Å². The molecule has 0 radical (unpaired) electrons. The van der Waals surface area contributed by atoms with Crippen LogP contribution in [0.5, 0.6) is 5.75 Å². The molecule has 0 bridgehead atoms. The van der Waals surface area contributed by atoms with E-state index in [1.165, 1.54) is 18.2 Å². The fourth-order valence-electron chi connectivity index (χ4n) is 2.75. The van der Waals surface area contributed by atoms with Gasteiger partial charge in [-0.2, -0.15) is 0 Å². The van der Waals surface area contributed by atoms with E-state index in [-0.39, 0.29) is 23.7 Å². The predicted octanol–water partition coefficient (Wildman–Crippen LogP) is 2.75. The van der Waals surface area contributed by atoms with Crippen molar-refractivity contribution in [1.29, 1.82) is 0 Å². The first-order valence-corrected chi connectivity index (χ1v) is 8.35. The van der Waals surface area contributed by atoms with Gasteiger partial charge in [-0.05, 0) is 31.2 Å². The maximum Gasteiger partial charge on any atom is 0.296 e. The molecule has 27 heavy (non-hydrogen) atoms. The molecule has 3 N–H and O–H groups in total. The van der Waals surface area contributed by atoms with Crippen LogP contribution in [0.4, 0.5) is 22.7 Å². The highest BCUT2D eigenvalue weighted by atomic mass is 16.6. The zero-order chi connectivity index (χ0) is 19.4. The predicted molar refractivity (Wildman–Crippen MR) is 100.0 cm³/mol. The van der Waals surface area contributed by atoms with E-state index in [9.17, 15) is 19.7 Å². The fraction of sp³-hybridized carbons (Fsp3) is 0.222. The minimum atomic E-state index is -0.776. The highest BCUT2D eigenvalue weighted by Crippen LogP contribution is 2.30. The van der Waals surface area contributed by atoms with Crippen LogP contribution in [0.15, 0.2) is 42.5 Å². The Morgan fingerprint density at radius 3 is 2.70 bits per heavy atom. The Bertz CT molecular complexity index is 899. The van der Waals surface area contributed by atoms with E-state index in [0.29, 0.717) is 23.7 Å². The maximum absolute atomic E-state index is 12.3. The standard InChI is InChI=1S/C18H18N4O5/c1-2-27-11-7-8-14(16(9-11)22(25)26)20-17(23)10-15-18(24)21-13-6-4-3-5-12(13)19-15/h3-9,15,19H,2,10H2,1H3,(H,20,23)(H,21,24). The first-order chi connectivity index (χ1) is 13.0. The largest absolute Gasteiger partial charge is 0.494 e. The number of nitrogens with one attached hydrogen (secondary N) is 3. The minimum Gasteiger partial charge on any atom is -0.494 e. The molecule has 0 spiro atoms. The van der Waals surface area contributed by atoms with Gasteiger partial charge in [-0.1, -0.05) is 12.1 Å². The molecule has 1 aliphatic rings. The molecule has 140 valence electrons. The van der Waals surface area contributed by atoms with E-state index in [4.69, 9.17) is 4.74 Å². The summed E-state index contributed by atoms with van der Waals surface area (Å²) in [4.78, 5) is 35.2. The molecular formula is C18H18N4O5. The van der Waals surface area contributed by atoms with E-state index in [1.54, 1.807) is 25.1 Å². The molecule has 2 aromatic carbocycles. The Balaban J connectivity index is 1.71. The van der Waals surface area contributed by atoms with E-state index in [0.717, 1.165) is 0 Å². The third-order valence-corrected chi connectivity index (χ3v) is 3.97. The number of rotatable bonds is 6. The minimum absolute atomic E-state index is 0.0464. The van der Waals surface area contributed by atoms with E-state index in [1.807, 2.05) is 6.07 Å². The highest BCUT2D eigenvalue weighted by molar-refractivity contribution is 6.06. The van der Waals surface area contributed by atoms with Crippen LogP contribution in [0.25, 0.3) is 0 Å². The van der Waals surface area contributed by atoms with Crippen LogP contribution >= 0.6 is 0 Å². The second-order valence-corrected chi connectivity index (χ2v) is 5.85. The molecule has 9 heteroatoms. The Morgan fingerprint density at radius 2 is 2.00 bits per heavy atom. The zero-order valence-corrected chi connectivity index (χ0v) is 14.5. The lowest BCUT2D eigenvalue weighted by atomic mass is 10.1. The van der Waals surface area contributed by atoms with Crippen molar-refractivity contribution in [1.82, 2.24) is 0 Å². The first-order valence-electron chi connectivity index (χ1n) is 8.35. The number of nitrogens with zero attached hydrogens (tertiary/aromatic N) is 1. The van der Waals surface area contributed by atoms with Crippen molar-refractivity contribution >= 4 is 34.6 Å². The molecule has 2 amide bonds. The summed E-state index contributed by atoms with van der Waals surface area (Å²) in [6.07, 6.45) is -0.176. The smallest absolute Gasteiger partial charge is 0.296 e. The van der Waals surface area contributed by atoms with Crippen molar-refractivity contribution in [2.45, 2.75) is 19.4 Å². The number of ether oxygens (including phenoxy) is 1. The van der Waals surface area contributed by atoms with Gasteiger partial charge in [0.2, 0.25) is 11.8 Å². The number of nitro groups is 1. The summed E-state index contributed by atoms with van der Waals surface area (Å²) in [5.74, 6) is -0.522. The van der Waals surface area contributed by atoms with Crippen molar-refractivity contribution in [2.24, 2.45) is 0 Å². The van der Waals surface area contributed by atoms with Crippen LogP contribution in [0.3, 0.4) is 0 Å². The van der Waals surface area contributed by atoms with Crippen LogP contribution in [0, 0.1) is 10.1 Å². The molecule has 0 saturated heterocycles. The van der Waals surface area contributed by atoms with Crippen LogP contribution in [-0.4, -0.2) is 29.4 Å². The SMILES string of the molecule is CCOc1ccc(NC(=O)CC2Nc3ccccc3NC2=O)c([N+](=O)[O-])c1. The van der Waals surface area contributed by atoms with Crippen LogP contribution in [-0.2, 0) is 9.59 Å². The van der Waals surface area contributed by atoms with Gasteiger partial charge < -0.3 is 20.7 Å². The van der Waals surface area contributed by atoms with Crippen LogP contribution in [0.1, 0.15) is 13.3 Å². The average Bonchev–Trinajstić information content (AvgIpc) is 2.63. The summed E-state index contributed by atoms with van der Waals surface area (Å²) in [6.45, 7) is 2.13. The average molecular weight is 370 g/mol. The molecule has 0 saturated carbocycles. The molecule has 0 aliphatic carbocycles. The number of hydrogen-bond acceptors (Lipinski definition) is 6. The van der Waals surface area contributed by atoms with Gasteiger partial charge in [0.25, 0.3) is 5.69 Å². The third-order valence-electron chi connectivity index (χ3n) is 3.97. The fourth-order valence-corrected chi connectivity index (χ4v) is 2.75. The normalized spacial score (nSPS) is 15.1. The molecule has 1 aliphatic heterocycles. The highest BCUT2D eigenvalue weighted by Gasteiger charge is 2.28. The molecule has 3 rings (SSSR count). The zero-order valence-electron chi connectivity index (χ0n) is 14.5. The van der Waals surface area contributed by atoms with Gasteiger partial charge >= 0.3 is 0 Å². The number of carbonyl (C=O) groups excluding carboxylic acids is 2. The van der Waals surface area contributed by atoms with Crippen LogP contribution in [0.2, 0.25) is 0 Å². The lowest BCUT2D eigenvalue weighted by molar-refractivity contribution is -0.384. The molecule has 0 fully saturated rings. The van der Waals surface area contributed by atoms with Gasteiger partial charge in [-0.25, -0.2) is 0 Å². The summed E-state index contributed by atoms with van der Waals surface area (Å²) in [5.41, 5.74) is 1.12. The van der Waals surface area contributed by atoms with Gasteiger partial charge in [-0.15, -0.1) is 0 Å². The molecular weight excluding hydrogens is 352 g/mol. The summed E-state index contributed by atoms with van der Waals surface area (Å²) in [6, 6.07) is 10.6. The first kappa shape index (κ1) is 18.2. The molecule has 1 atom stereocenters. The Kier molecular flexibility index (Phi) is 5.20. The summed E-state index contributed by atoms with van der Waals surface area (Å²) >= 11 is 0. The number of carbonyl (C=O) groups is 2. The van der Waals surface area contributed by atoms with Gasteiger partial charge in [-0.3, -0.25) is 19.7 Å². The molecule has 1 heterocycles. The van der Waals surface area contributed by atoms with Gasteiger partial charge in [0, 0.05) is 0 Å². The lowest BCUT2D eigenvalue weighted by Crippen LogP contribution is -2.41. The maximum atomic E-state index is 12.3. The molecule has 1 unspecified atom stereocenters.